The van der Waals surface area contributed by atoms with Crippen molar-refractivity contribution in [1.29, 1.82) is 0 Å². The Hall–Kier alpha value is -1.88. The van der Waals surface area contributed by atoms with Crippen LogP contribution in [0.4, 0.5) is 0 Å². The molecule has 5 heteroatoms. The molecular weight excluding hydrogens is 318 g/mol. The average molecular weight is 347 g/mol. The topological polar surface area (TPSA) is 55.8 Å². The quantitative estimate of drug-likeness (QED) is 0.558. The molecule has 1 aliphatic rings. The second-order valence-corrected chi connectivity index (χ2v) is 7.19. The van der Waals surface area contributed by atoms with E-state index in [1.165, 1.54) is 0 Å². The molecular formula is C20H29NO4. The van der Waals surface area contributed by atoms with E-state index < -0.39 is 5.97 Å². The monoisotopic (exact) mass is 347 g/mol. The van der Waals surface area contributed by atoms with Crippen molar-refractivity contribution in [2.24, 2.45) is 0 Å². The lowest BCUT2D eigenvalue weighted by atomic mass is 9.94. The van der Waals surface area contributed by atoms with Crippen LogP contribution in [0.1, 0.15) is 63.5 Å². The largest absolute Gasteiger partial charge is 0.453 e. The van der Waals surface area contributed by atoms with Crippen molar-refractivity contribution in [3.63, 3.8) is 0 Å². The molecule has 0 N–H and O–H groups in total. The molecule has 1 fully saturated rings. The first kappa shape index (κ1) is 19.4. The highest BCUT2D eigenvalue weighted by Crippen LogP contribution is 2.34. The lowest BCUT2D eigenvalue weighted by molar-refractivity contribution is -0.154. The number of carbonyl (C=O) groups is 2. The summed E-state index contributed by atoms with van der Waals surface area (Å²) in [5.74, 6) is 0.163. The first-order valence-corrected chi connectivity index (χ1v) is 9.10. The first-order valence-electron chi connectivity index (χ1n) is 9.10. The van der Waals surface area contributed by atoms with Gasteiger partial charge in [0.2, 0.25) is 0 Å². The Balaban J connectivity index is 1.96. The van der Waals surface area contributed by atoms with Crippen molar-refractivity contribution in [2.45, 2.75) is 52.4 Å². The Labute approximate surface area is 150 Å². The van der Waals surface area contributed by atoms with E-state index in [9.17, 15) is 9.59 Å². The van der Waals surface area contributed by atoms with Gasteiger partial charge in [-0.3, -0.25) is 9.69 Å². The minimum atomic E-state index is -0.537. The van der Waals surface area contributed by atoms with E-state index in [0.717, 1.165) is 37.1 Å². The molecule has 0 saturated carbocycles. The van der Waals surface area contributed by atoms with Crippen LogP contribution < -0.4 is 4.74 Å². The molecule has 0 unspecified atom stereocenters. The van der Waals surface area contributed by atoms with E-state index in [4.69, 9.17) is 9.47 Å². The van der Waals surface area contributed by atoms with Gasteiger partial charge in [-0.2, -0.15) is 0 Å². The van der Waals surface area contributed by atoms with Crippen molar-refractivity contribution < 1.29 is 19.1 Å². The summed E-state index contributed by atoms with van der Waals surface area (Å²) in [6.07, 6.45) is 2.22. The molecule has 1 aromatic carbocycles. The molecule has 1 saturated heterocycles. The van der Waals surface area contributed by atoms with Gasteiger partial charge in [0.1, 0.15) is 5.75 Å². The number of para-hydroxylation sites is 1. The molecule has 25 heavy (non-hydrogen) atoms. The van der Waals surface area contributed by atoms with Crippen LogP contribution in [0.25, 0.3) is 0 Å². The van der Waals surface area contributed by atoms with Crippen LogP contribution in [0, 0.1) is 0 Å². The van der Waals surface area contributed by atoms with E-state index in [1.54, 1.807) is 0 Å². The van der Waals surface area contributed by atoms with E-state index in [-0.39, 0.29) is 31.0 Å². The van der Waals surface area contributed by atoms with Crippen LogP contribution in [-0.4, -0.2) is 43.1 Å². The Morgan fingerprint density at radius 2 is 1.56 bits per heavy atom. The zero-order chi connectivity index (χ0) is 18.4. The van der Waals surface area contributed by atoms with E-state index in [2.05, 4.69) is 27.7 Å². The zero-order valence-electron chi connectivity index (χ0n) is 15.7. The third kappa shape index (κ3) is 5.56. The minimum absolute atomic E-state index is 0.235. The standard InChI is InChI=1S/C20H29NO4/c1-14(2)16-8-7-9-17(15(3)4)20(16)25-19(23)13-24-18(22)12-21-10-5-6-11-21/h7-9,14-15H,5-6,10-13H2,1-4H3. The van der Waals surface area contributed by atoms with Crippen LogP contribution in [0.5, 0.6) is 5.75 Å². The number of likely N-dealkylation sites (tertiary alicyclic amines) is 1. The molecule has 0 aliphatic carbocycles. The van der Waals surface area contributed by atoms with E-state index in [0.29, 0.717) is 5.75 Å². The lowest BCUT2D eigenvalue weighted by Crippen LogP contribution is -2.30. The maximum Gasteiger partial charge on any atom is 0.349 e. The number of nitrogens with zero attached hydrogens (tertiary/aromatic N) is 1. The summed E-state index contributed by atoms with van der Waals surface area (Å²) in [7, 11) is 0. The SMILES string of the molecule is CC(C)c1cccc(C(C)C)c1OC(=O)COC(=O)CN1CCCC1. The minimum Gasteiger partial charge on any atom is -0.453 e. The molecule has 0 spiro atoms. The van der Waals surface area contributed by atoms with Crippen LogP contribution >= 0.6 is 0 Å². The van der Waals surface area contributed by atoms with Crippen molar-refractivity contribution in [3.8, 4) is 5.75 Å². The lowest BCUT2D eigenvalue weighted by Gasteiger charge is -2.19. The molecule has 138 valence electrons. The molecule has 1 aromatic rings. The number of benzene rings is 1. The molecule has 1 heterocycles. The summed E-state index contributed by atoms with van der Waals surface area (Å²) >= 11 is 0. The maximum absolute atomic E-state index is 12.2. The average Bonchev–Trinajstić information content (AvgIpc) is 3.05. The van der Waals surface area contributed by atoms with Crippen molar-refractivity contribution in [3.05, 3.63) is 29.3 Å². The van der Waals surface area contributed by atoms with Gasteiger partial charge in [-0.1, -0.05) is 45.9 Å². The Bertz CT molecular complexity index is 577. The summed E-state index contributed by atoms with van der Waals surface area (Å²) < 4.78 is 10.7. The summed E-state index contributed by atoms with van der Waals surface area (Å²) in [5.41, 5.74) is 1.98. The fourth-order valence-corrected chi connectivity index (χ4v) is 3.05. The van der Waals surface area contributed by atoms with E-state index in [1.807, 2.05) is 23.1 Å². The molecule has 0 atom stereocenters. The molecule has 0 amide bonds. The number of hydrogen-bond acceptors (Lipinski definition) is 5. The predicted octanol–water partition coefficient (Wildman–Crippen LogP) is 3.48. The van der Waals surface area contributed by atoms with Crippen molar-refractivity contribution in [2.75, 3.05) is 26.2 Å². The molecule has 5 nitrogen and oxygen atoms in total. The first-order chi connectivity index (χ1) is 11.9. The van der Waals surface area contributed by atoms with E-state index >= 15 is 0 Å². The van der Waals surface area contributed by atoms with Gasteiger partial charge in [-0.25, -0.2) is 4.79 Å². The number of ether oxygens (including phenoxy) is 2. The fourth-order valence-electron chi connectivity index (χ4n) is 3.05. The van der Waals surface area contributed by atoms with Crippen molar-refractivity contribution >= 4 is 11.9 Å². The van der Waals surface area contributed by atoms with Crippen molar-refractivity contribution in [1.82, 2.24) is 4.90 Å². The normalized spacial score (nSPS) is 15.0. The maximum atomic E-state index is 12.2. The second kappa shape index (κ2) is 8.99. The highest BCUT2D eigenvalue weighted by molar-refractivity contribution is 5.79. The number of rotatable bonds is 7. The number of hydrogen-bond donors (Lipinski definition) is 0. The molecule has 0 bridgehead atoms. The number of esters is 2. The van der Waals surface area contributed by atoms with Crippen LogP contribution in [0.15, 0.2) is 18.2 Å². The van der Waals surface area contributed by atoms with Gasteiger partial charge < -0.3 is 9.47 Å². The van der Waals surface area contributed by atoms with Gasteiger partial charge in [0.05, 0.1) is 6.54 Å². The van der Waals surface area contributed by atoms with Crippen LogP contribution in [-0.2, 0) is 14.3 Å². The third-order valence-corrected chi connectivity index (χ3v) is 4.44. The highest BCUT2D eigenvalue weighted by atomic mass is 16.6. The molecule has 1 aliphatic heterocycles. The Morgan fingerprint density at radius 3 is 2.08 bits per heavy atom. The van der Waals surface area contributed by atoms with Crippen LogP contribution in [0.3, 0.4) is 0 Å². The number of carbonyl (C=O) groups excluding carboxylic acids is 2. The predicted molar refractivity (Wildman–Crippen MR) is 96.9 cm³/mol. The molecule has 2 rings (SSSR count). The molecule has 0 radical (unpaired) electrons. The highest BCUT2D eigenvalue weighted by Gasteiger charge is 2.20. The fraction of sp³-hybridized carbons (Fsp3) is 0.600. The van der Waals surface area contributed by atoms with Gasteiger partial charge in [-0.15, -0.1) is 0 Å². The summed E-state index contributed by atoms with van der Waals surface area (Å²) in [6, 6.07) is 5.93. The van der Waals surface area contributed by atoms with Gasteiger partial charge in [-0.05, 0) is 48.9 Å². The summed E-state index contributed by atoms with van der Waals surface area (Å²) in [5, 5.41) is 0. The van der Waals surface area contributed by atoms with Gasteiger partial charge in [0, 0.05) is 0 Å². The van der Waals surface area contributed by atoms with Gasteiger partial charge in [0.25, 0.3) is 0 Å². The second-order valence-electron chi connectivity index (χ2n) is 7.19. The third-order valence-electron chi connectivity index (χ3n) is 4.44. The van der Waals surface area contributed by atoms with Crippen LogP contribution in [0.2, 0.25) is 0 Å². The smallest absolute Gasteiger partial charge is 0.349 e. The Kier molecular flexibility index (Phi) is 7.00. The zero-order valence-corrected chi connectivity index (χ0v) is 15.7. The molecule has 0 aromatic heterocycles. The summed E-state index contributed by atoms with van der Waals surface area (Å²) in [4.78, 5) is 26.1. The Morgan fingerprint density at radius 1 is 1.00 bits per heavy atom. The summed E-state index contributed by atoms with van der Waals surface area (Å²) in [6.45, 7) is 9.97. The van der Waals surface area contributed by atoms with Gasteiger partial charge >= 0.3 is 11.9 Å². The van der Waals surface area contributed by atoms with Gasteiger partial charge in [0.15, 0.2) is 6.61 Å².